The fourth-order valence-corrected chi connectivity index (χ4v) is 4.42. The Morgan fingerprint density at radius 2 is 1.64 bits per heavy atom. The minimum atomic E-state index is -0.164. The standard InChI is InChI=1S/C28H29N5O3/c1-20-7-9-21(10-8-20)19-33-25-6-4-3-5-24(25)30-26(27(33)34)31-15-17-32(18-16-31)28(35)29-22-11-13-23(36-2)14-12-22/h3-14H,15-19H2,1-2H3,(H,29,35). The molecule has 1 aliphatic rings. The maximum atomic E-state index is 13.6. The minimum Gasteiger partial charge on any atom is -0.497 e. The first-order valence-electron chi connectivity index (χ1n) is 12.0. The first kappa shape index (κ1) is 23.4. The van der Waals surface area contributed by atoms with Crippen LogP contribution in [0, 0.1) is 6.92 Å². The third kappa shape index (κ3) is 4.88. The number of benzene rings is 3. The van der Waals surface area contributed by atoms with E-state index in [9.17, 15) is 9.59 Å². The van der Waals surface area contributed by atoms with E-state index in [1.54, 1.807) is 28.7 Å². The highest BCUT2D eigenvalue weighted by Crippen LogP contribution is 2.19. The van der Waals surface area contributed by atoms with Crippen molar-refractivity contribution in [2.45, 2.75) is 13.5 Å². The minimum absolute atomic E-state index is 0.120. The smallest absolute Gasteiger partial charge is 0.321 e. The van der Waals surface area contributed by atoms with Crippen LogP contribution in [-0.2, 0) is 6.54 Å². The van der Waals surface area contributed by atoms with Gasteiger partial charge in [0.05, 0.1) is 24.7 Å². The maximum Gasteiger partial charge on any atom is 0.321 e. The number of amides is 2. The van der Waals surface area contributed by atoms with Gasteiger partial charge < -0.3 is 19.9 Å². The molecule has 0 bridgehead atoms. The van der Waals surface area contributed by atoms with E-state index >= 15 is 0 Å². The molecule has 2 heterocycles. The van der Waals surface area contributed by atoms with Crippen LogP contribution >= 0.6 is 0 Å². The Kier molecular flexibility index (Phi) is 6.58. The molecule has 8 heteroatoms. The lowest BCUT2D eigenvalue weighted by Crippen LogP contribution is -2.51. The summed E-state index contributed by atoms with van der Waals surface area (Å²) in [4.78, 5) is 34.9. The zero-order chi connectivity index (χ0) is 25.1. The summed E-state index contributed by atoms with van der Waals surface area (Å²) in [6, 6.07) is 23.0. The van der Waals surface area contributed by atoms with E-state index in [-0.39, 0.29) is 11.6 Å². The number of carbonyl (C=O) groups excluding carboxylic acids is 1. The molecule has 0 spiro atoms. The number of carbonyl (C=O) groups is 1. The molecule has 3 aromatic carbocycles. The van der Waals surface area contributed by atoms with Crippen LogP contribution < -0.4 is 20.5 Å². The second-order valence-corrected chi connectivity index (χ2v) is 8.93. The summed E-state index contributed by atoms with van der Waals surface area (Å²) in [5.74, 6) is 1.16. The lowest BCUT2D eigenvalue weighted by atomic mass is 10.1. The van der Waals surface area contributed by atoms with Crippen molar-refractivity contribution in [2.24, 2.45) is 0 Å². The Bertz CT molecular complexity index is 1420. The van der Waals surface area contributed by atoms with Crippen molar-refractivity contribution in [1.29, 1.82) is 0 Å². The molecule has 0 unspecified atom stereocenters. The number of nitrogens with one attached hydrogen (secondary N) is 1. The van der Waals surface area contributed by atoms with Crippen LogP contribution in [0.1, 0.15) is 11.1 Å². The van der Waals surface area contributed by atoms with Gasteiger partial charge in [0.25, 0.3) is 5.56 Å². The van der Waals surface area contributed by atoms with Crippen molar-refractivity contribution in [3.63, 3.8) is 0 Å². The van der Waals surface area contributed by atoms with Gasteiger partial charge in [-0.25, -0.2) is 9.78 Å². The fraction of sp³-hybridized carbons (Fsp3) is 0.250. The van der Waals surface area contributed by atoms with Gasteiger partial charge >= 0.3 is 6.03 Å². The SMILES string of the molecule is COc1ccc(NC(=O)N2CCN(c3nc4ccccc4n(Cc4ccc(C)cc4)c3=O)CC2)cc1. The Morgan fingerprint density at radius 1 is 0.944 bits per heavy atom. The predicted molar refractivity (Wildman–Crippen MR) is 142 cm³/mol. The number of aryl methyl sites for hydroxylation is 1. The molecule has 1 N–H and O–H groups in total. The van der Waals surface area contributed by atoms with Gasteiger partial charge in [0.2, 0.25) is 0 Å². The van der Waals surface area contributed by atoms with Crippen molar-refractivity contribution in [3.05, 3.63) is 94.3 Å². The largest absolute Gasteiger partial charge is 0.497 e. The maximum absolute atomic E-state index is 13.6. The first-order valence-corrected chi connectivity index (χ1v) is 12.0. The molecule has 1 aromatic heterocycles. The van der Waals surface area contributed by atoms with Crippen LogP contribution in [0.3, 0.4) is 0 Å². The van der Waals surface area contributed by atoms with Crippen LogP contribution in [0.4, 0.5) is 16.3 Å². The first-order chi connectivity index (χ1) is 17.5. The Morgan fingerprint density at radius 3 is 2.33 bits per heavy atom. The third-order valence-corrected chi connectivity index (χ3v) is 6.50. The number of nitrogens with zero attached hydrogens (tertiary/aromatic N) is 4. The van der Waals surface area contributed by atoms with E-state index in [1.807, 2.05) is 48.2 Å². The van der Waals surface area contributed by atoms with Crippen molar-refractivity contribution >= 4 is 28.6 Å². The van der Waals surface area contributed by atoms with Gasteiger partial charge in [-0.05, 0) is 48.9 Å². The topological polar surface area (TPSA) is 79.7 Å². The lowest BCUT2D eigenvalue weighted by molar-refractivity contribution is 0.208. The third-order valence-electron chi connectivity index (χ3n) is 6.50. The van der Waals surface area contributed by atoms with Gasteiger partial charge in [0, 0.05) is 31.9 Å². The number of hydrogen-bond donors (Lipinski definition) is 1. The Hall–Kier alpha value is -4.33. The number of methoxy groups -OCH3 is 1. The average molecular weight is 484 g/mol. The number of hydrogen-bond acceptors (Lipinski definition) is 5. The number of fused-ring (bicyclic) bond motifs is 1. The number of para-hydroxylation sites is 2. The molecule has 4 aromatic rings. The normalized spacial score (nSPS) is 13.6. The van der Waals surface area contributed by atoms with Crippen LogP contribution in [0.15, 0.2) is 77.6 Å². The molecule has 8 nitrogen and oxygen atoms in total. The number of aromatic nitrogens is 2. The predicted octanol–water partition coefficient (Wildman–Crippen LogP) is 4.12. The van der Waals surface area contributed by atoms with Gasteiger partial charge in [-0.2, -0.15) is 0 Å². The molecule has 36 heavy (non-hydrogen) atoms. The van der Waals surface area contributed by atoms with Crippen molar-refractivity contribution < 1.29 is 9.53 Å². The number of anilines is 2. The molecular weight excluding hydrogens is 454 g/mol. The van der Waals surface area contributed by atoms with E-state index in [0.717, 1.165) is 22.3 Å². The van der Waals surface area contributed by atoms with E-state index in [1.165, 1.54) is 5.56 Å². The summed E-state index contributed by atoms with van der Waals surface area (Å²) in [5.41, 5.74) is 4.41. The molecule has 1 fully saturated rings. The van der Waals surface area contributed by atoms with Gasteiger partial charge in [0.15, 0.2) is 5.82 Å². The van der Waals surface area contributed by atoms with E-state index in [0.29, 0.717) is 44.2 Å². The van der Waals surface area contributed by atoms with E-state index in [2.05, 4.69) is 29.6 Å². The molecule has 0 aliphatic carbocycles. The highest BCUT2D eigenvalue weighted by molar-refractivity contribution is 5.89. The van der Waals surface area contributed by atoms with E-state index < -0.39 is 0 Å². The van der Waals surface area contributed by atoms with Gasteiger partial charge in [-0.1, -0.05) is 42.0 Å². The zero-order valence-corrected chi connectivity index (χ0v) is 20.5. The van der Waals surface area contributed by atoms with Gasteiger partial charge in [-0.15, -0.1) is 0 Å². The molecule has 0 atom stereocenters. The number of piperazine rings is 1. The summed E-state index contributed by atoms with van der Waals surface area (Å²) in [7, 11) is 1.61. The number of rotatable bonds is 5. The molecule has 1 aliphatic heterocycles. The van der Waals surface area contributed by atoms with Crippen molar-refractivity contribution in [2.75, 3.05) is 43.5 Å². The second-order valence-electron chi connectivity index (χ2n) is 8.93. The molecular formula is C28H29N5O3. The summed E-state index contributed by atoms with van der Waals surface area (Å²) in [6.45, 7) is 4.57. The summed E-state index contributed by atoms with van der Waals surface area (Å²) >= 11 is 0. The highest BCUT2D eigenvalue weighted by atomic mass is 16.5. The van der Waals surface area contributed by atoms with Crippen molar-refractivity contribution in [1.82, 2.24) is 14.5 Å². The molecule has 184 valence electrons. The van der Waals surface area contributed by atoms with Crippen LogP contribution in [-0.4, -0.2) is 53.8 Å². The summed E-state index contributed by atoms with van der Waals surface area (Å²) < 4.78 is 6.96. The Labute approximate surface area is 209 Å². The summed E-state index contributed by atoms with van der Waals surface area (Å²) in [5, 5.41) is 2.92. The number of ether oxygens (including phenoxy) is 1. The monoisotopic (exact) mass is 483 g/mol. The molecule has 0 saturated carbocycles. The van der Waals surface area contributed by atoms with Crippen LogP contribution in [0.2, 0.25) is 0 Å². The molecule has 5 rings (SSSR count). The quantitative estimate of drug-likeness (QED) is 0.462. The van der Waals surface area contributed by atoms with Gasteiger partial charge in [0.1, 0.15) is 5.75 Å². The average Bonchev–Trinajstić information content (AvgIpc) is 2.92. The lowest BCUT2D eigenvalue weighted by Gasteiger charge is -2.35. The summed E-state index contributed by atoms with van der Waals surface area (Å²) in [6.07, 6.45) is 0. The number of urea groups is 1. The zero-order valence-electron chi connectivity index (χ0n) is 20.5. The highest BCUT2D eigenvalue weighted by Gasteiger charge is 2.25. The van der Waals surface area contributed by atoms with E-state index in [4.69, 9.17) is 9.72 Å². The van der Waals surface area contributed by atoms with Crippen LogP contribution in [0.5, 0.6) is 5.75 Å². The Balaban J connectivity index is 1.34. The molecule has 2 amide bonds. The van der Waals surface area contributed by atoms with Crippen LogP contribution in [0.25, 0.3) is 11.0 Å². The molecule has 1 saturated heterocycles. The fourth-order valence-electron chi connectivity index (χ4n) is 4.42. The van der Waals surface area contributed by atoms with Gasteiger partial charge in [-0.3, -0.25) is 9.36 Å². The second kappa shape index (κ2) is 10.1. The van der Waals surface area contributed by atoms with Crippen molar-refractivity contribution in [3.8, 4) is 5.75 Å². The molecule has 0 radical (unpaired) electrons.